The maximum atomic E-state index is 12.5. The van der Waals surface area contributed by atoms with E-state index in [1.165, 1.54) is 32.5 Å². The fourth-order valence-corrected chi connectivity index (χ4v) is 5.11. The Hall–Kier alpha value is -0.300. The Morgan fingerprint density at radius 2 is 1.96 bits per heavy atom. The van der Waals surface area contributed by atoms with E-state index in [9.17, 15) is 9.59 Å². The first-order valence-electron chi connectivity index (χ1n) is 9.14. The normalized spacial score (nSPS) is 34.2. The van der Waals surface area contributed by atoms with E-state index in [-0.39, 0.29) is 53.6 Å². The number of carbonyl (C=O) groups is 2. The van der Waals surface area contributed by atoms with Crippen molar-refractivity contribution >= 4 is 11.9 Å². The van der Waals surface area contributed by atoms with E-state index in [4.69, 9.17) is 0 Å². The van der Waals surface area contributed by atoms with E-state index in [1.807, 2.05) is 0 Å². The van der Waals surface area contributed by atoms with Gasteiger partial charge in [0.1, 0.15) is 0 Å². The van der Waals surface area contributed by atoms with Crippen molar-refractivity contribution in [1.29, 1.82) is 0 Å². The zero-order valence-corrected chi connectivity index (χ0v) is 16.5. The monoisotopic (exact) mass is 340 g/mol. The van der Waals surface area contributed by atoms with Crippen molar-refractivity contribution in [1.82, 2.24) is 15.1 Å². The van der Waals surface area contributed by atoms with Gasteiger partial charge in [-0.1, -0.05) is 6.42 Å². The van der Waals surface area contributed by atoms with Crippen LogP contribution < -0.4 is 34.9 Å². The van der Waals surface area contributed by atoms with Crippen LogP contribution in [0.3, 0.4) is 0 Å². The number of nitrogens with zero attached hydrogens (tertiary/aromatic N) is 3. The minimum absolute atomic E-state index is 0. The van der Waals surface area contributed by atoms with Gasteiger partial charge < -0.3 is 20.4 Å². The number of amides is 3. The molecule has 5 fully saturated rings. The van der Waals surface area contributed by atoms with E-state index in [0.29, 0.717) is 18.0 Å². The molecule has 2 saturated carbocycles. The minimum atomic E-state index is -0.283. The Morgan fingerprint density at radius 3 is 2.67 bits per heavy atom. The third-order valence-corrected chi connectivity index (χ3v) is 6.43. The summed E-state index contributed by atoms with van der Waals surface area (Å²) in [5, 5.41) is 7.27. The maximum absolute atomic E-state index is 12.5. The second kappa shape index (κ2) is 6.15. The number of nitrogens with one attached hydrogen (secondary N) is 1. The van der Waals surface area contributed by atoms with Crippen LogP contribution in [-0.4, -0.2) is 66.0 Å². The van der Waals surface area contributed by atoms with Crippen LogP contribution in [0.1, 0.15) is 38.5 Å². The molecule has 5 rings (SSSR count). The summed E-state index contributed by atoms with van der Waals surface area (Å²) in [5.41, 5.74) is 0.489. The van der Waals surface area contributed by atoms with E-state index in [0.717, 1.165) is 31.6 Å². The molecule has 2 aliphatic carbocycles. The molecule has 5 aliphatic rings. The fourth-order valence-electron chi connectivity index (χ4n) is 5.11. The summed E-state index contributed by atoms with van der Waals surface area (Å²) in [6, 6.07) is -0.0226. The Balaban J connectivity index is 0.00000146. The molecular formula is C17H25N4NaO2. The Labute approximate surface area is 165 Å². The van der Waals surface area contributed by atoms with Gasteiger partial charge in [-0.2, -0.15) is 0 Å². The molecule has 7 heteroatoms. The minimum Gasteiger partial charge on any atom is -0.427 e. The van der Waals surface area contributed by atoms with E-state index >= 15 is 0 Å². The van der Waals surface area contributed by atoms with E-state index in [2.05, 4.69) is 15.5 Å². The molecular weight excluding hydrogens is 315 g/mol. The molecule has 3 saturated heterocycles. The Morgan fingerprint density at radius 1 is 1.21 bits per heavy atom. The number of carbonyl (C=O) groups excluding carboxylic acids is 2. The van der Waals surface area contributed by atoms with Gasteiger partial charge in [0.2, 0.25) is 5.91 Å². The topological polar surface area (TPSA) is 66.8 Å². The van der Waals surface area contributed by atoms with Crippen molar-refractivity contribution in [2.24, 2.45) is 11.3 Å². The standard InChI is InChI=1S/C17H26N4O2.Na/c22-15(14-4-3-12-8-21(14)16(23)19-12)18-13-5-17(6-13)9-20(10-17)7-11-1-2-11;/h11-14H,1-10H2,(H2,18,19,22,23);/q;+1/p-1/t12-,14+;/m1./s1. The third-order valence-electron chi connectivity index (χ3n) is 6.43. The Kier molecular flexibility index (Phi) is 4.39. The predicted octanol–water partition coefficient (Wildman–Crippen LogP) is -1.68. The molecule has 2 bridgehead atoms. The average molecular weight is 340 g/mol. The van der Waals surface area contributed by atoms with Gasteiger partial charge in [-0.25, -0.2) is 0 Å². The van der Waals surface area contributed by atoms with Crippen LogP contribution in [-0.2, 0) is 4.79 Å². The smallest absolute Gasteiger partial charge is 0.427 e. The van der Waals surface area contributed by atoms with Crippen molar-refractivity contribution < 1.29 is 39.1 Å². The summed E-state index contributed by atoms with van der Waals surface area (Å²) in [4.78, 5) is 28.6. The second-order valence-electron chi connectivity index (χ2n) is 8.54. The maximum Gasteiger partial charge on any atom is 1.00 e. The molecule has 0 aromatic heterocycles. The number of hydrogen-bond donors (Lipinski definition) is 1. The predicted molar refractivity (Wildman–Crippen MR) is 85.0 cm³/mol. The molecule has 0 aromatic carbocycles. The van der Waals surface area contributed by atoms with Crippen LogP contribution in [0.25, 0.3) is 5.32 Å². The summed E-state index contributed by atoms with van der Waals surface area (Å²) < 4.78 is 0. The SMILES string of the molecule is O=C(NC1CC2(C1)CN(CC1CC1)C2)[C@@H]1CC[C@@H]2CN1C(=O)[N-]2.[Na+]. The molecule has 1 spiro atoms. The van der Waals surface area contributed by atoms with E-state index < -0.39 is 0 Å². The van der Waals surface area contributed by atoms with Gasteiger partial charge in [0.15, 0.2) is 6.03 Å². The molecule has 0 aromatic rings. The third kappa shape index (κ3) is 3.00. The fraction of sp³-hybridized carbons (Fsp3) is 0.882. The van der Waals surface area contributed by atoms with Crippen molar-refractivity contribution in [2.75, 3.05) is 26.2 Å². The van der Waals surface area contributed by atoms with Crippen molar-refractivity contribution in [3.63, 3.8) is 0 Å². The zero-order chi connectivity index (χ0) is 15.6. The molecule has 126 valence electrons. The van der Waals surface area contributed by atoms with Crippen molar-refractivity contribution in [3.05, 3.63) is 5.32 Å². The Bertz CT molecular complexity index is 539. The number of hydrogen-bond acceptors (Lipinski definition) is 3. The van der Waals surface area contributed by atoms with Crippen molar-refractivity contribution in [3.8, 4) is 0 Å². The molecule has 6 nitrogen and oxygen atoms in total. The van der Waals surface area contributed by atoms with Gasteiger partial charge in [-0.15, -0.1) is 0 Å². The summed E-state index contributed by atoms with van der Waals surface area (Å²) in [7, 11) is 0. The summed E-state index contributed by atoms with van der Waals surface area (Å²) in [6.45, 7) is 4.39. The van der Waals surface area contributed by atoms with Gasteiger partial charge in [-0.3, -0.25) is 9.59 Å². The van der Waals surface area contributed by atoms with Gasteiger partial charge in [0, 0.05) is 31.7 Å². The van der Waals surface area contributed by atoms with Crippen LogP contribution >= 0.6 is 0 Å². The molecule has 3 heterocycles. The molecule has 3 aliphatic heterocycles. The second-order valence-corrected chi connectivity index (χ2v) is 8.54. The van der Waals surface area contributed by atoms with Gasteiger partial charge >= 0.3 is 29.6 Å². The van der Waals surface area contributed by atoms with Gasteiger partial charge in [-0.05, 0) is 56.0 Å². The first-order chi connectivity index (χ1) is 11.1. The van der Waals surface area contributed by atoms with Crippen LogP contribution in [0.4, 0.5) is 4.79 Å². The first-order valence-corrected chi connectivity index (χ1v) is 9.14. The van der Waals surface area contributed by atoms with Gasteiger partial charge in [0.05, 0.1) is 0 Å². The number of rotatable bonds is 4. The molecule has 1 N–H and O–H groups in total. The van der Waals surface area contributed by atoms with E-state index in [1.54, 1.807) is 4.90 Å². The molecule has 3 amide bonds. The number of piperidine rings is 1. The quantitative estimate of drug-likeness (QED) is 0.622. The number of fused-ring (bicyclic) bond motifs is 2. The molecule has 0 radical (unpaired) electrons. The summed E-state index contributed by atoms with van der Waals surface area (Å²) in [5.74, 6) is 1.02. The van der Waals surface area contributed by atoms with Gasteiger partial charge in [0.25, 0.3) is 0 Å². The van der Waals surface area contributed by atoms with Crippen LogP contribution in [0.2, 0.25) is 0 Å². The van der Waals surface area contributed by atoms with Crippen LogP contribution in [0.15, 0.2) is 0 Å². The van der Waals surface area contributed by atoms with Crippen molar-refractivity contribution in [2.45, 2.75) is 56.7 Å². The largest absolute Gasteiger partial charge is 1.00 e. The summed E-state index contributed by atoms with van der Waals surface area (Å²) in [6.07, 6.45) is 6.71. The number of urea groups is 1. The molecule has 2 atom stereocenters. The average Bonchev–Trinajstić information content (AvgIpc) is 3.21. The first kappa shape index (κ1) is 17.1. The van der Waals surface area contributed by atoms with Crippen LogP contribution in [0, 0.1) is 11.3 Å². The summed E-state index contributed by atoms with van der Waals surface area (Å²) >= 11 is 0. The molecule has 0 unspecified atom stereocenters. The number of likely N-dealkylation sites (tertiary alicyclic amines) is 1. The molecule has 24 heavy (non-hydrogen) atoms. The van der Waals surface area contributed by atoms with Crippen LogP contribution in [0.5, 0.6) is 0 Å². The zero-order valence-electron chi connectivity index (χ0n) is 14.5.